The number of anilines is 2. The summed E-state index contributed by atoms with van der Waals surface area (Å²) in [4.78, 5) is 25.0. The summed E-state index contributed by atoms with van der Waals surface area (Å²) in [5.41, 5.74) is 1.45. The summed E-state index contributed by atoms with van der Waals surface area (Å²) >= 11 is 11.7. The lowest BCUT2D eigenvalue weighted by Crippen LogP contribution is -2.34. The quantitative estimate of drug-likeness (QED) is 0.338. The van der Waals surface area contributed by atoms with Gasteiger partial charge in [-0.2, -0.15) is 0 Å². The van der Waals surface area contributed by atoms with Crippen molar-refractivity contribution in [1.82, 2.24) is 4.72 Å². The molecule has 10 heteroatoms. The fourth-order valence-corrected chi connectivity index (χ4v) is 4.56. The highest BCUT2D eigenvalue weighted by Crippen LogP contribution is 2.26. The van der Waals surface area contributed by atoms with Crippen molar-refractivity contribution in [2.75, 3.05) is 10.6 Å². The zero-order valence-corrected chi connectivity index (χ0v) is 20.5. The zero-order chi connectivity index (χ0) is 24.7. The van der Waals surface area contributed by atoms with E-state index in [0.29, 0.717) is 17.1 Å². The van der Waals surface area contributed by atoms with Crippen LogP contribution in [0.3, 0.4) is 0 Å². The van der Waals surface area contributed by atoms with E-state index in [2.05, 4.69) is 10.6 Å². The van der Waals surface area contributed by atoms with Crippen molar-refractivity contribution in [3.05, 3.63) is 88.4 Å². The molecular formula is C24H23Cl2N3O4S. The molecule has 3 aromatic rings. The molecule has 0 spiro atoms. The van der Waals surface area contributed by atoms with E-state index in [0.717, 1.165) is 12.0 Å². The van der Waals surface area contributed by atoms with Gasteiger partial charge in [0.15, 0.2) is 0 Å². The molecule has 0 aliphatic rings. The van der Waals surface area contributed by atoms with Gasteiger partial charge in [-0.1, -0.05) is 72.9 Å². The number of halogens is 2. The van der Waals surface area contributed by atoms with Crippen LogP contribution in [0.25, 0.3) is 0 Å². The minimum atomic E-state index is -4.21. The van der Waals surface area contributed by atoms with Gasteiger partial charge in [0, 0.05) is 11.4 Å². The topological polar surface area (TPSA) is 104 Å². The first kappa shape index (κ1) is 25.6. The highest BCUT2D eigenvalue weighted by Gasteiger charge is 2.22. The summed E-state index contributed by atoms with van der Waals surface area (Å²) in [5, 5.41) is 5.68. The highest BCUT2D eigenvalue weighted by atomic mass is 35.5. The first-order valence-corrected chi connectivity index (χ1v) is 12.7. The second kappa shape index (κ2) is 11.4. The summed E-state index contributed by atoms with van der Waals surface area (Å²) in [5.74, 6) is -0.616. The number of hydrogen-bond donors (Lipinski definition) is 3. The lowest BCUT2D eigenvalue weighted by atomic mass is 9.93. The van der Waals surface area contributed by atoms with Crippen LogP contribution < -0.4 is 15.4 Å². The Morgan fingerprint density at radius 3 is 2.24 bits per heavy atom. The lowest BCUT2D eigenvalue weighted by molar-refractivity contribution is -0.117. The molecule has 0 aliphatic heterocycles. The van der Waals surface area contributed by atoms with E-state index >= 15 is 0 Å². The number of urea groups is 1. The molecule has 0 bridgehead atoms. The van der Waals surface area contributed by atoms with E-state index < -0.39 is 16.1 Å². The predicted octanol–water partition coefficient (Wildman–Crippen LogP) is 6.03. The number of sulfonamides is 1. The first-order chi connectivity index (χ1) is 16.2. The minimum absolute atomic E-state index is 0.179. The summed E-state index contributed by atoms with van der Waals surface area (Å²) in [6.07, 6.45) is 1.45. The Kier molecular flexibility index (Phi) is 8.55. The third-order valence-electron chi connectivity index (χ3n) is 4.91. The van der Waals surface area contributed by atoms with Crippen molar-refractivity contribution in [3.63, 3.8) is 0 Å². The van der Waals surface area contributed by atoms with Crippen LogP contribution in [-0.4, -0.2) is 20.4 Å². The van der Waals surface area contributed by atoms with Crippen LogP contribution in [0.4, 0.5) is 16.2 Å². The molecular weight excluding hydrogens is 497 g/mol. The Hall–Kier alpha value is -3.07. The van der Waals surface area contributed by atoms with E-state index in [9.17, 15) is 18.0 Å². The number of carbonyl (C=O) groups excluding carboxylic acids is 2. The molecule has 7 nitrogen and oxygen atoms in total. The molecule has 0 heterocycles. The van der Waals surface area contributed by atoms with Crippen LogP contribution in [0.5, 0.6) is 0 Å². The summed E-state index contributed by atoms with van der Waals surface area (Å²) in [7, 11) is -4.21. The van der Waals surface area contributed by atoms with Crippen molar-refractivity contribution >= 4 is 56.5 Å². The maximum Gasteiger partial charge on any atom is 0.333 e. The van der Waals surface area contributed by atoms with Crippen molar-refractivity contribution < 1.29 is 18.0 Å². The van der Waals surface area contributed by atoms with Crippen LogP contribution in [0.1, 0.15) is 31.2 Å². The van der Waals surface area contributed by atoms with Crippen LogP contribution >= 0.6 is 23.2 Å². The number of nitrogens with one attached hydrogen (secondary N) is 3. The smallest absolute Gasteiger partial charge is 0.326 e. The Balaban J connectivity index is 1.72. The number of benzene rings is 3. The summed E-state index contributed by atoms with van der Waals surface area (Å²) in [6.45, 7) is 1.99. The monoisotopic (exact) mass is 519 g/mol. The van der Waals surface area contributed by atoms with Gasteiger partial charge in [-0.15, -0.1) is 0 Å². The lowest BCUT2D eigenvalue weighted by Gasteiger charge is -2.17. The third-order valence-corrected chi connectivity index (χ3v) is 6.98. The average Bonchev–Trinajstić information content (AvgIpc) is 2.80. The molecule has 3 N–H and O–H groups in total. The van der Waals surface area contributed by atoms with Gasteiger partial charge in [-0.05, 0) is 48.4 Å². The van der Waals surface area contributed by atoms with Gasteiger partial charge >= 0.3 is 6.03 Å². The molecule has 34 heavy (non-hydrogen) atoms. The number of rotatable bonds is 8. The van der Waals surface area contributed by atoms with Gasteiger partial charge in [-0.25, -0.2) is 17.9 Å². The van der Waals surface area contributed by atoms with Gasteiger partial charge in [-0.3, -0.25) is 4.79 Å². The fraction of sp³-hybridized carbons (Fsp3) is 0.167. The largest absolute Gasteiger partial charge is 0.333 e. The maximum absolute atomic E-state index is 12.9. The normalized spacial score (nSPS) is 12.0. The SMILES string of the molecule is CCCC(C(=O)Nc1cccc(S(=O)(=O)NC(=O)Nc2ccc(Cl)c(Cl)c2)c1)c1ccccc1. The van der Waals surface area contributed by atoms with E-state index in [-0.39, 0.29) is 27.4 Å². The first-order valence-electron chi connectivity index (χ1n) is 10.4. The predicted molar refractivity (Wildman–Crippen MR) is 135 cm³/mol. The highest BCUT2D eigenvalue weighted by molar-refractivity contribution is 7.90. The van der Waals surface area contributed by atoms with E-state index in [1.165, 1.54) is 36.4 Å². The molecule has 0 radical (unpaired) electrons. The average molecular weight is 520 g/mol. The molecule has 0 aliphatic carbocycles. The number of amides is 3. The Labute approximate surface area is 208 Å². The van der Waals surface area contributed by atoms with Gasteiger partial charge in [0.2, 0.25) is 5.91 Å². The van der Waals surface area contributed by atoms with Crippen LogP contribution in [0.2, 0.25) is 10.0 Å². The maximum atomic E-state index is 12.9. The molecule has 0 fully saturated rings. The number of carbonyl (C=O) groups is 2. The van der Waals surface area contributed by atoms with Crippen LogP contribution in [0.15, 0.2) is 77.7 Å². The third kappa shape index (κ3) is 6.72. The van der Waals surface area contributed by atoms with E-state index in [1.54, 1.807) is 6.07 Å². The Morgan fingerprint density at radius 2 is 1.56 bits per heavy atom. The van der Waals surface area contributed by atoms with Crippen LogP contribution in [-0.2, 0) is 14.8 Å². The molecule has 1 unspecified atom stereocenters. The summed E-state index contributed by atoms with van der Waals surface area (Å²) < 4.78 is 27.4. The molecule has 0 saturated carbocycles. The molecule has 178 valence electrons. The summed E-state index contributed by atoms with van der Waals surface area (Å²) in [6, 6.07) is 18.5. The molecule has 0 saturated heterocycles. The second-order valence-corrected chi connectivity index (χ2v) is 9.95. The second-order valence-electron chi connectivity index (χ2n) is 7.46. The van der Waals surface area contributed by atoms with Gasteiger partial charge in [0.25, 0.3) is 10.0 Å². The fourth-order valence-electron chi connectivity index (χ4n) is 3.30. The minimum Gasteiger partial charge on any atom is -0.326 e. The molecule has 3 aromatic carbocycles. The van der Waals surface area contributed by atoms with Crippen molar-refractivity contribution in [1.29, 1.82) is 0 Å². The van der Waals surface area contributed by atoms with Gasteiger partial charge in [0.05, 0.1) is 20.9 Å². The Morgan fingerprint density at radius 1 is 0.853 bits per heavy atom. The molecule has 0 aromatic heterocycles. The van der Waals surface area contributed by atoms with Crippen molar-refractivity contribution in [3.8, 4) is 0 Å². The van der Waals surface area contributed by atoms with Gasteiger partial charge in [0.1, 0.15) is 0 Å². The molecule has 3 amide bonds. The van der Waals surface area contributed by atoms with Gasteiger partial charge < -0.3 is 10.6 Å². The zero-order valence-electron chi connectivity index (χ0n) is 18.2. The number of hydrogen-bond acceptors (Lipinski definition) is 4. The Bertz CT molecular complexity index is 1280. The van der Waals surface area contributed by atoms with E-state index in [1.807, 2.05) is 42.0 Å². The molecule has 1 atom stereocenters. The van der Waals surface area contributed by atoms with Crippen molar-refractivity contribution in [2.24, 2.45) is 0 Å². The van der Waals surface area contributed by atoms with Crippen molar-refractivity contribution in [2.45, 2.75) is 30.6 Å². The van der Waals surface area contributed by atoms with Crippen LogP contribution in [0, 0.1) is 0 Å². The molecule has 3 rings (SSSR count). The van der Waals surface area contributed by atoms with E-state index in [4.69, 9.17) is 23.2 Å². The standard InChI is InChI=1S/C24H23Cl2N3O4S/c1-2-7-20(16-8-4-3-5-9-16)23(30)27-17-10-6-11-19(14-17)34(32,33)29-24(31)28-18-12-13-21(25)22(26)15-18/h3-6,8-15,20H,2,7H2,1H3,(H,27,30)(H2,28,29,31).